The average molecular weight is 520 g/mol. The van der Waals surface area contributed by atoms with Crippen LogP contribution in [0.2, 0.25) is 0 Å². The molecule has 2 aromatic carbocycles. The smallest absolute Gasteiger partial charge is 0.335 e. The lowest BCUT2D eigenvalue weighted by Gasteiger charge is -2.26. The Morgan fingerprint density at radius 2 is 1.80 bits per heavy atom. The summed E-state index contributed by atoms with van der Waals surface area (Å²) in [5.41, 5.74) is 0.586. The number of urea groups is 1. The Bertz CT molecular complexity index is 1060. The molecule has 1 fully saturated rings. The van der Waals surface area contributed by atoms with Crippen LogP contribution in [0.3, 0.4) is 0 Å². The number of imide groups is 2. The third kappa shape index (κ3) is 4.51. The minimum absolute atomic E-state index is 0.200. The summed E-state index contributed by atoms with van der Waals surface area (Å²) in [6.07, 6.45) is 1.55. The van der Waals surface area contributed by atoms with Crippen molar-refractivity contribution < 1.29 is 28.7 Å². The molecule has 0 bridgehead atoms. The number of halogens is 1. The second kappa shape index (κ2) is 9.08. The summed E-state index contributed by atoms with van der Waals surface area (Å²) in [6.45, 7) is 1.67. The normalized spacial score (nSPS) is 15.2. The van der Waals surface area contributed by atoms with Crippen molar-refractivity contribution in [2.45, 2.75) is 13.3 Å². The lowest BCUT2D eigenvalue weighted by Crippen LogP contribution is -2.54. The van der Waals surface area contributed by atoms with Gasteiger partial charge < -0.3 is 9.47 Å². The van der Waals surface area contributed by atoms with Crippen molar-refractivity contribution in [3.05, 3.63) is 57.2 Å². The van der Waals surface area contributed by atoms with Gasteiger partial charge in [0, 0.05) is 9.99 Å². The van der Waals surface area contributed by atoms with Crippen LogP contribution in [0.5, 0.6) is 11.5 Å². The van der Waals surface area contributed by atoms with Gasteiger partial charge in [-0.3, -0.25) is 19.7 Å². The molecule has 0 spiro atoms. The molecule has 0 aliphatic carbocycles. The van der Waals surface area contributed by atoms with Crippen LogP contribution in [0.25, 0.3) is 6.08 Å². The van der Waals surface area contributed by atoms with Crippen LogP contribution >= 0.6 is 22.6 Å². The zero-order valence-electron chi connectivity index (χ0n) is 16.1. The lowest BCUT2D eigenvalue weighted by molar-refractivity contribution is -0.134. The molecule has 1 aliphatic rings. The molecule has 0 saturated carbocycles. The van der Waals surface area contributed by atoms with Crippen LogP contribution in [0.15, 0.2) is 48.0 Å². The number of nitrogens with zero attached hydrogens (tertiary/aromatic N) is 1. The van der Waals surface area contributed by atoms with Gasteiger partial charge in [-0.05, 0) is 70.6 Å². The number of benzene rings is 2. The van der Waals surface area contributed by atoms with Crippen LogP contribution < -0.4 is 19.7 Å². The van der Waals surface area contributed by atoms with E-state index in [1.165, 1.54) is 25.3 Å². The second-order valence-corrected chi connectivity index (χ2v) is 7.42. The fourth-order valence-corrected chi connectivity index (χ4v) is 3.06. The highest BCUT2D eigenvalue weighted by molar-refractivity contribution is 14.1. The van der Waals surface area contributed by atoms with E-state index in [9.17, 15) is 19.2 Å². The zero-order valence-corrected chi connectivity index (χ0v) is 18.3. The molecular weight excluding hydrogens is 503 g/mol. The predicted molar refractivity (Wildman–Crippen MR) is 117 cm³/mol. The summed E-state index contributed by atoms with van der Waals surface area (Å²) >= 11 is 2.11. The molecule has 1 saturated heterocycles. The number of anilines is 1. The first-order valence-corrected chi connectivity index (χ1v) is 9.97. The molecule has 1 aliphatic heterocycles. The Labute approximate surface area is 186 Å². The first-order valence-electron chi connectivity index (χ1n) is 8.89. The Morgan fingerprint density at radius 1 is 1.10 bits per heavy atom. The Balaban J connectivity index is 1.96. The molecule has 154 valence electrons. The van der Waals surface area contributed by atoms with Gasteiger partial charge in [0.2, 0.25) is 0 Å². The van der Waals surface area contributed by atoms with Gasteiger partial charge in [0.15, 0.2) is 11.5 Å². The van der Waals surface area contributed by atoms with Gasteiger partial charge in [-0.25, -0.2) is 9.69 Å². The third-order valence-electron chi connectivity index (χ3n) is 4.20. The average Bonchev–Trinajstić information content (AvgIpc) is 2.73. The van der Waals surface area contributed by atoms with E-state index < -0.39 is 23.8 Å². The highest BCUT2D eigenvalue weighted by Gasteiger charge is 2.36. The van der Waals surface area contributed by atoms with Gasteiger partial charge in [0.25, 0.3) is 11.8 Å². The first-order chi connectivity index (χ1) is 14.3. The van der Waals surface area contributed by atoms with Crippen molar-refractivity contribution in [2.24, 2.45) is 0 Å². The number of amides is 4. The summed E-state index contributed by atoms with van der Waals surface area (Å²) in [5, 5.41) is 2.17. The molecular formula is C21H17IN2O6. The molecule has 0 aromatic heterocycles. The number of carbonyl (C=O) groups is 4. The maximum atomic E-state index is 12.9. The number of carbonyl (C=O) groups excluding carboxylic acids is 4. The van der Waals surface area contributed by atoms with Crippen molar-refractivity contribution in [3.63, 3.8) is 0 Å². The van der Waals surface area contributed by atoms with Crippen LogP contribution in [-0.2, 0) is 14.4 Å². The summed E-state index contributed by atoms with van der Waals surface area (Å²) in [7, 11) is 1.41. The van der Waals surface area contributed by atoms with Crippen molar-refractivity contribution >= 4 is 58.2 Å². The Hall–Kier alpha value is -3.21. The Kier molecular flexibility index (Phi) is 6.50. The van der Waals surface area contributed by atoms with Crippen molar-refractivity contribution in [1.82, 2.24) is 5.32 Å². The van der Waals surface area contributed by atoms with Gasteiger partial charge in [-0.2, -0.15) is 0 Å². The highest BCUT2D eigenvalue weighted by atomic mass is 127. The van der Waals surface area contributed by atoms with E-state index in [0.717, 1.165) is 8.47 Å². The number of hydrogen-bond donors (Lipinski definition) is 1. The minimum atomic E-state index is -0.817. The molecule has 30 heavy (non-hydrogen) atoms. The summed E-state index contributed by atoms with van der Waals surface area (Å²) < 4.78 is 11.4. The van der Waals surface area contributed by atoms with E-state index in [0.29, 0.717) is 11.3 Å². The fourth-order valence-electron chi connectivity index (χ4n) is 2.70. The van der Waals surface area contributed by atoms with Gasteiger partial charge in [0.1, 0.15) is 5.57 Å². The number of nitrogens with one attached hydrogen (secondary N) is 1. The van der Waals surface area contributed by atoms with E-state index in [-0.39, 0.29) is 23.5 Å². The maximum absolute atomic E-state index is 12.9. The lowest BCUT2D eigenvalue weighted by atomic mass is 10.1. The van der Waals surface area contributed by atoms with Crippen LogP contribution in [0, 0.1) is 3.57 Å². The number of barbiturate groups is 1. The van der Waals surface area contributed by atoms with Crippen molar-refractivity contribution in [1.29, 1.82) is 0 Å². The molecule has 8 nitrogen and oxygen atoms in total. The molecule has 3 rings (SSSR count). The van der Waals surface area contributed by atoms with Crippen LogP contribution in [0.4, 0.5) is 10.5 Å². The minimum Gasteiger partial charge on any atom is -0.493 e. The van der Waals surface area contributed by atoms with E-state index >= 15 is 0 Å². The van der Waals surface area contributed by atoms with Crippen molar-refractivity contribution in [2.75, 3.05) is 12.0 Å². The standard InChI is InChI=1S/C21H17IN2O6/c1-3-18(25)30-16-9-4-12(11-17(16)29-2)10-15-19(26)23-21(28)24(20(15)27)14-7-5-13(22)6-8-14/h4-11H,3H2,1-2H3,(H,23,26,28)/b15-10-. The largest absolute Gasteiger partial charge is 0.493 e. The van der Waals surface area contributed by atoms with E-state index in [4.69, 9.17) is 9.47 Å². The molecule has 0 unspecified atom stereocenters. The zero-order chi connectivity index (χ0) is 21.8. The molecule has 1 heterocycles. The van der Waals surface area contributed by atoms with Crippen LogP contribution in [0.1, 0.15) is 18.9 Å². The fraction of sp³-hybridized carbons (Fsp3) is 0.143. The van der Waals surface area contributed by atoms with Gasteiger partial charge in [-0.1, -0.05) is 13.0 Å². The highest BCUT2D eigenvalue weighted by Crippen LogP contribution is 2.30. The van der Waals surface area contributed by atoms with E-state index in [1.54, 1.807) is 37.3 Å². The number of hydrogen-bond acceptors (Lipinski definition) is 6. The monoisotopic (exact) mass is 520 g/mol. The van der Waals surface area contributed by atoms with Crippen LogP contribution in [-0.4, -0.2) is 30.9 Å². The van der Waals surface area contributed by atoms with Gasteiger partial charge >= 0.3 is 12.0 Å². The van der Waals surface area contributed by atoms with Crippen molar-refractivity contribution in [3.8, 4) is 11.5 Å². The predicted octanol–water partition coefficient (Wildman–Crippen LogP) is 3.28. The topological polar surface area (TPSA) is 102 Å². The summed E-state index contributed by atoms with van der Waals surface area (Å²) in [6, 6.07) is 10.5. The number of rotatable bonds is 5. The SMILES string of the molecule is CCC(=O)Oc1ccc(/C=C2/C(=O)NC(=O)N(c3ccc(I)cc3)C2=O)cc1OC. The molecule has 4 amide bonds. The van der Waals surface area contributed by atoms with Gasteiger partial charge in [-0.15, -0.1) is 0 Å². The van der Waals surface area contributed by atoms with Gasteiger partial charge in [0.05, 0.1) is 12.8 Å². The Morgan fingerprint density at radius 3 is 2.43 bits per heavy atom. The quantitative estimate of drug-likeness (QED) is 0.214. The molecule has 1 N–H and O–H groups in total. The molecule has 0 atom stereocenters. The summed E-state index contributed by atoms with van der Waals surface area (Å²) in [5.74, 6) is -1.48. The number of methoxy groups -OCH3 is 1. The third-order valence-corrected chi connectivity index (χ3v) is 4.92. The first kappa shape index (κ1) is 21.5. The van der Waals surface area contributed by atoms with E-state index in [1.807, 2.05) is 0 Å². The maximum Gasteiger partial charge on any atom is 0.335 e. The molecule has 2 aromatic rings. The molecule has 0 radical (unpaired) electrons. The summed E-state index contributed by atoms with van der Waals surface area (Å²) in [4.78, 5) is 49.9. The second-order valence-electron chi connectivity index (χ2n) is 6.17. The number of esters is 1. The van der Waals surface area contributed by atoms with E-state index in [2.05, 4.69) is 27.9 Å². The number of ether oxygens (including phenoxy) is 2. The molecule has 9 heteroatoms.